The number of amides is 1. The van der Waals surface area contributed by atoms with Gasteiger partial charge in [0.05, 0.1) is 26.9 Å². The van der Waals surface area contributed by atoms with Crippen LogP contribution in [0.4, 0.5) is 0 Å². The molecule has 1 aliphatic heterocycles. The molecule has 7 heteroatoms. The highest BCUT2D eigenvalue weighted by Gasteiger charge is 2.21. The summed E-state index contributed by atoms with van der Waals surface area (Å²) in [5.41, 5.74) is 1.51. The molecule has 1 aromatic carbocycles. The molecule has 154 valence electrons. The number of rotatable bonds is 7. The van der Waals surface area contributed by atoms with Crippen molar-refractivity contribution in [3.63, 3.8) is 0 Å². The molecule has 1 amide bonds. The molecule has 0 unspecified atom stereocenters. The fraction of sp³-hybridized carbons (Fsp3) is 0.619. The number of carbonyl (C=O) groups is 1. The smallest absolute Gasteiger partial charge is 0.272 e. The molecule has 1 aromatic heterocycles. The summed E-state index contributed by atoms with van der Waals surface area (Å²) in [5.74, 6) is 0.605. The highest BCUT2D eigenvalue weighted by Crippen LogP contribution is 2.28. The molecular formula is C21H32N4O3. The third kappa shape index (κ3) is 5.02. The van der Waals surface area contributed by atoms with Crippen LogP contribution in [0.15, 0.2) is 18.2 Å². The zero-order chi connectivity index (χ0) is 20.1. The zero-order valence-corrected chi connectivity index (χ0v) is 17.5. The average Bonchev–Trinajstić information content (AvgIpc) is 3.05. The summed E-state index contributed by atoms with van der Waals surface area (Å²) in [6.45, 7) is 12.1. The van der Waals surface area contributed by atoms with E-state index in [1.807, 2.05) is 22.9 Å². The highest BCUT2D eigenvalue weighted by atomic mass is 16.5. The Morgan fingerprint density at radius 3 is 2.68 bits per heavy atom. The molecule has 0 aliphatic carbocycles. The molecule has 0 spiro atoms. The minimum Gasteiger partial charge on any atom is -0.494 e. The fourth-order valence-corrected chi connectivity index (χ4v) is 3.39. The number of morpholine rings is 1. The first-order valence-corrected chi connectivity index (χ1v) is 10.0. The monoisotopic (exact) mass is 388 g/mol. The molecule has 1 saturated heterocycles. The van der Waals surface area contributed by atoms with E-state index in [-0.39, 0.29) is 11.3 Å². The van der Waals surface area contributed by atoms with E-state index in [0.717, 1.165) is 55.9 Å². The number of hydrogen-bond acceptors (Lipinski definition) is 5. The number of nitrogens with zero attached hydrogens (tertiary/aromatic N) is 3. The second-order valence-corrected chi connectivity index (χ2v) is 8.45. The van der Waals surface area contributed by atoms with E-state index in [4.69, 9.17) is 9.47 Å². The molecule has 0 radical (unpaired) electrons. The Hall–Kier alpha value is -2.12. The van der Waals surface area contributed by atoms with Crippen molar-refractivity contribution in [2.24, 2.45) is 5.41 Å². The summed E-state index contributed by atoms with van der Waals surface area (Å²) in [7, 11) is 1.65. The average molecular weight is 389 g/mol. The first-order valence-electron chi connectivity index (χ1n) is 10.0. The van der Waals surface area contributed by atoms with Gasteiger partial charge in [-0.05, 0) is 17.9 Å². The lowest BCUT2D eigenvalue weighted by Crippen LogP contribution is -2.38. The van der Waals surface area contributed by atoms with Gasteiger partial charge in [0.2, 0.25) is 0 Å². The number of carbonyl (C=O) groups excluding carboxylic acids is 1. The van der Waals surface area contributed by atoms with Gasteiger partial charge in [-0.3, -0.25) is 14.4 Å². The first kappa shape index (κ1) is 20.6. The van der Waals surface area contributed by atoms with E-state index < -0.39 is 0 Å². The largest absolute Gasteiger partial charge is 0.494 e. The van der Waals surface area contributed by atoms with Crippen LogP contribution in [0.1, 0.15) is 37.7 Å². The molecule has 28 heavy (non-hydrogen) atoms. The summed E-state index contributed by atoms with van der Waals surface area (Å²) in [6.07, 6.45) is 0.914. The van der Waals surface area contributed by atoms with Crippen molar-refractivity contribution in [2.75, 3.05) is 46.5 Å². The summed E-state index contributed by atoms with van der Waals surface area (Å²) in [4.78, 5) is 15.2. The van der Waals surface area contributed by atoms with Crippen LogP contribution >= 0.6 is 0 Å². The van der Waals surface area contributed by atoms with Crippen molar-refractivity contribution >= 4 is 16.8 Å². The normalized spacial score (nSPS) is 15.7. The van der Waals surface area contributed by atoms with Gasteiger partial charge in [0.1, 0.15) is 11.3 Å². The molecule has 2 aromatic rings. The van der Waals surface area contributed by atoms with Crippen molar-refractivity contribution in [3.8, 4) is 5.75 Å². The Morgan fingerprint density at radius 1 is 1.25 bits per heavy atom. The number of fused-ring (bicyclic) bond motifs is 1. The number of aromatic nitrogens is 2. The van der Waals surface area contributed by atoms with Crippen LogP contribution in [-0.2, 0) is 11.3 Å². The van der Waals surface area contributed by atoms with Crippen LogP contribution in [0.2, 0.25) is 0 Å². The van der Waals surface area contributed by atoms with Crippen LogP contribution in [0.5, 0.6) is 5.75 Å². The molecule has 0 atom stereocenters. The third-order valence-electron chi connectivity index (χ3n) is 5.06. The molecule has 7 nitrogen and oxygen atoms in total. The number of ether oxygens (including phenoxy) is 2. The third-order valence-corrected chi connectivity index (χ3v) is 5.06. The highest BCUT2D eigenvalue weighted by molar-refractivity contribution is 6.06. The quantitative estimate of drug-likeness (QED) is 0.789. The van der Waals surface area contributed by atoms with Crippen molar-refractivity contribution in [1.82, 2.24) is 20.0 Å². The Morgan fingerprint density at radius 2 is 2.00 bits per heavy atom. The number of benzene rings is 1. The van der Waals surface area contributed by atoms with Crippen molar-refractivity contribution in [3.05, 3.63) is 23.9 Å². The number of hydrogen-bond donors (Lipinski definition) is 1. The van der Waals surface area contributed by atoms with Gasteiger partial charge in [0.15, 0.2) is 5.69 Å². The Kier molecular flexibility index (Phi) is 6.57. The second kappa shape index (κ2) is 8.92. The van der Waals surface area contributed by atoms with Gasteiger partial charge >= 0.3 is 0 Å². The van der Waals surface area contributed by atoms with Gasteiger partial charge in [-0.2, -0.15) is 5.10 Å². The molecule has 1 fully saturated rings. The molecule has 2 heterocycles. The van der Waals surface area contributed by atoms with Gasteiger partial charge < -0.3 is 14.8 Å². The van der Waals surface area contributed by atoms with E-state index in [9.17, 15) is 4.79 Å². The van der Waals surface area contributed by atoms with E-state index in [0.29, 0.717) is 18.8 Å². The van der Waals surface area contributed by atoms with Gasteiger partial charge in [0, 0.05) is 31.6 Å². The van der Waals surface area contributed by atoms with Gasteiger partial charge in [-0.25, -0.2) is 0 Å². The van der Waals surface area contributed by atoms with Crippen LogP contribution in [0.25, 0.3) is 10.9 Å². The Balaban J connectivity index is 1.81. The van der Waals surface area contributed by atoms with E-state index in [2.05, 4.69) is 36.1 Å². The van der Waals surface area contributed by atoms with Crippen LogP contribution in [0.3, 0.4) is 0 Å². The molecule has 1 aliphatic rings. The minimum atomic E-state index is -0.132. The second-order valence-electron chi connectivity index (χ2n) is 8.45. The summed E-state index contributed by atoms with van der Waals surface area (Å²) in [5, 5.41) is 8.51. The lowest BCUT2D eigenvalue weighted by Gasteiger charge is -2.26. The number of para-hydroxylation sites is 1. The fourth-order valence-electron chi connectivity index (χ4n) is 3.39. The molecule has 0 saturated carbocycles. The summed E-state index contributed by atoms with van der Waals surface area (Å²) in [6, 6.07) is 5.76. The maximum Gasteiger partial charge on any atom is 0.272 e. The Bertz CT molecular complexity index is 804. The minimum absolute atomic E-state index is 0.132. The Labute approximate surface area is 167 Å². The van der Waals surface area contributed by atoms with Gasteiger partial charge in [0.25, 0.3) is 5.91 Å². The van der Waals surface area contributed by atoms with Crippen molar-refractivity contribution < 1.29 is 14.3 Å². The first-order chi connectivity index (χ1) is 13.4. The van der Waals surface area contributed by atoms with Gasteiger partial charge in [-0.1, -0.05) is 32.9 Å². The van der Waals surface area contributed by atoms with Crippen LogP contribution in [0, 0.1) is 5.41 Å². The molecular weight excluding hydrogens is 356 g/mol. The van der Waals surface area contributed by atoms with Gasteiger partial charge in [-0.15, -0.1) is 0 Å². The maximum absolute atomic E-state index is 12.8. The van der Waals surface area contributed by atoms with E-state index in [1.54, 1.807) is 7.11 Å². The van der Waals surface area contributed by atoms with Crippen LogP contribution in [-0.4, -0.2) is 67.1 Å². The predicted molar refractivity (Wildman–Crippen MR) is 110 cm³/mol. The van der Waals surface area contributed by atoms with Crippen LogP contribution < -0.4 is 10.1 Å². The number of nitrogens with one attached hydrogen (secondary N) is 1. The zero-order valence-electron chi connectivity index (χ0n) is 17.5. The predicted octanol–water partition coefficient (Wildman–Crippen LogP) is 2.54. The van der Waals surface area contributed by atoms with Crippen molar-refractivity contribution in [1.29, 1.82) is 0 Å². The SMILES string of the molecule is COc1cccc2c(C(=O)NCCC(C)(C)C)nn(CCN3CCOCC3)c12. The summed E-state index contributed by atoms with van der Waals surface area (Å²) < 4.78 is 12.9. The lowest BCUT2D eigenvalue weighted by atomic mass is 9.92. The summed E-state index contributed by atoms with van der Waals surface area (Å²) >= 11 is 0. The topological polar surface area (TPSA) is 68.6 Å². The molecule has 0 bridgehead atoms. The molecule has 1 N–H and O–H groups in total. The number of methoxy groups -OCH3 is 1. The lowest BCUT2D eigenvalue weighted by molar-refractivity contribution is 0.0361. The standard InChI is InChI=1S/C21H32N4O3/c1-21(2,3)8-9-22-20(26)18-16-6-5-7-17(27-4)19(16)25(23-18)11-10-24-12-14-28-15-13-24/h5-7H,8-15H2,1-4H3,(H,22,26). The van der Waals surface area contributed by atoms with E-state index in [1.165, 1.54) is 0 Å². The van der Waals surface area contributed by atoms with E-state index >= 15 is 0 Å². The molecule has 3 rings (SSSR count). The maximum atomic E-state index is 12.8. The van der Waals surface area contributed by atoms with Crippen molar-refractivity contribution in [2.45, 2.75) is 33.7 Å².